The number of fused-ring (bicyclic) bond motifs is 5. The van der Waals surface area contributed by atoms with Crippen LogP contribution in [0.2, 0.25) is 0 Å². The first-order valence-corrected chi connectivity index (χ1v) is 12.9. The van der Waals surface area contributed by atoms with E-state index in [1.165, 1.54) is 16.9 Å². The Bertz CT molecular complexity index is 1170. The van der Waals surface area contributed by atoms with Gasteiger partial charge in [0.05, 0.1) is 18.6 Å². The van der Waals surface area contributed by atoms with Gasteiger partial charge in [0.1, 0.15) is 10.7 Å². The molecule has 0 spiro atoms. The Labute approximate surface area is 198 Å². The molecular formula is C24H34N6O2S. The molecule has 1 unspecified atom stereocenters. The van der Waals surface area contributed by atoms with Crippen LogP contribution in [0.4, 0.5) is 0 Å². The van der Waals surface area contributed by atoms with Gasteiger partial charge >= 0.3 is 0 Å². The number of carbonyl (C=O) groups is 1. The van der Waals surface area contributed by atoms with Crippen molar-refractivity contribution in [2.24, 2.45) is 11.3 Å². The van der Waals surface area contributed by atoms with Gasteiger partial charge in [-0.15, -0.1) is 16.4 Å². The number of aromatic nitrogens is 4. The standard InChI is InChI=1S/C24H34N6O2S/c1-15-26-23-19(17-7-6-16(24(2,3)4)14-18(17)33-23)21-27-20(28-30(15)21)22(31)25-8-5-9-29-10-12-32-13-11-29/h16H,5-14H2,1-4H3,(H,25,31). The number of thiophene rings is 1. The van der Waals surface area contributed by atoms with E-state index in [4.69, 9.17) is 14.7 Å². The van der Waals surface area contributed by atoms with Gasteiger partial charge in [-0.1, -0.05) is 20.8 Å². The van der Waals surface area contributed by atoms with Crippen LogP contribution in [0.15, 0.2) is 0 Å². The first kappa shape index (κ1) is 22.7. The molecule has 1 aliphatic carbocycles. The van der Waals surface area contributed by atoms with Crippen molar-refractivity contribution in [2.45, 2.75) is 53.4 Å². The van der Waals surface area contributed by atoms with E-state index in [0.717, 1.165) is 73.8 Å². The highest BCUT2D eigenvalue weighted by Crippen LogP contribution is 2.43. The van der Waals surface area contributed by atoms with Crippen molar-refractivity contribution in [2.75, 3.05) is 39.4 Å². The normalized spacial score (nSPS) is 19.8. The van der Waals surface area contributed by atoms with Crippen LogP contribution < -0.4 is 5.32 Å². The number of hydrogen-bond donors (Lipinski definition) is 1. The number of hydrogen-bond acceptors (Lipinski definition) is 7. The minimum Gasteiger partial charge on any atom is -0.379 e. The minimum absolute atomic E-state index is 0.217. The number of morpholine rings is 1. The maximum Gasteiger partial charge on any atom is 0.290 e. The third kappa shape index (κ3) is 4.50. The zero-order chi connectivity index (χ0) is 23.2. The Morgan fingerprint density at radius 1 is 1.24 bits per heavy atom. The molecule has 1 fully saturated rings. The van der Waals surface area contributed by atoms with Crippen molar-refractivity contribution in [3.63, 3.8) is 0 Å². The predicted octanol–water partition coefficient (Wildman–Crippen LogP) is 3.25. The van der Waals surface area contributed by atoms with Crippen LogP contribution in [0.3, 0.4) is 0 Å². The van der Waals surface area contributed by atoms with Gasteiger partial charge < -0.3 is 10.1 Å². The molecule has 0 bridgehead atoms. The molecule has 33 heavy (non-hydrogen) atoms. The second kappa shape index (κ2) is 8.92. The summed E-state index contributed by atoms with van der Waals surface area (Å²) < 4.78 is 7.13. The Hall–Kier alpha value is -2.10. The van der Waals surface area contributed by atoms with E-state index in [0.29, 0.717) is 17.9 Å². The monoisotopic (exact) mass is 470 g/mol. The Morgan fingerprint density at radius 3 is 2.79 bits per heavy atom. The molecule has 3 aromatic heterocycles. The van der Waals surface area contributed by atoms with Gasteiger partial charge in [-0.25, -0.2) is 9.97 Å². The summed E-state index contributed by atoms with van der Waals surface area (Å²) >= 11 is 1.79. The highest BCUT2D eigenvalue weighted by atomic mass is 32.1. The molecule has 3 aromatic rings. The first-order chi connectivity index (χ1) is 15.8. The predicted molar refractivity (Wildman–Crippen MR) is 130 cm³/mol. The molecule has 1 amide bonds. The fraction of sp³-hybridized carbons (Fsp3) is 0.667. The largest absolute Gasteiger partial charge is 0.379 e. The van der Waals surface area contributed by atoms with Crippen molar-refractivity contribution >= 4 is 33.1 Å². The lowest BCUT2D eigenvalue weighted by molar-refractivity contribution is 0.0374. The van der Waals surface area contributed by atoms with E-state index >= 15 is 0 Å². The topological polar surface area (TPSA) is 84.7 Å². The molecule has 1 aliphatic heterocycles. The molecule has 8 nitrogen and oxygen atoms in total. The van der Waals surface area contributed by atoms with E-state index < -0.39 is 0 Å². The third-order valence-electron chi connectivity index (χ3n) is 7.12. The number of amides is 1. The molecular weight excluding hydrogens is 436 g/mol. The van der Waals surface area contributed by atoms with Crippen LogP contribution >= 0.6 is 11.3 Å². The van der Waals surface area contributed by atoms with Crippen LogP contribution in [0.1, 0.15) is 60.5 Å². The number of aryl methyl sites for hydroxylation is 2. The average molecular weight is 471 g/mol. The van der Waals surface area contributed by atoms with Gasteiger partial charge in [-0.2, -0.15) is 4.52 Å². The SMILES string of the molecule is Cc1nc2sc3c(c2c2nc(C(=O)NCCCN4CCOCC4)nn12)CCC(C(C)(C)C)C3. The quantitative estimate of drug-likeness (QED) is 0.576. The lowest BCUT2D eigenvalue weighted by atomic mass is 9.72. The summed E-state index contributed by atoms with van der Waals surface area (Å²) in [5, 5.41) is 8.60. The van der Waals surface area contributed by atoms with Crippen molar-refractivity contribution in [1.82, 2.24) is 29.8 Å². The van der Waals surface area contributed by atoms with Gasteiger partial charge in [0.25, 0.3) is 5.91 Å². The summed E-state index contributed by atoms with van der Waals surface area (Å²) in [5.41, 5.74) is 2.43. The Kier molecular flexibility index (Phi) is 6.13. The number of rotatable bonds is 5. The molecule has 0 radical (unpaired) electrons. The summed E-state index contributed by atoms with van der Waals surface area (Å²) in [6, 6.07) is 0. The third-order valence-corrected chi connectivity index (χ3v) is 8.26. The van der Waals surface area contributed by atoms with Crippen LogP contribution in [0, 0.1) is 18.3 Å². The van der Waals surface area contributed by atoms with Crippen LogP contribution in [-0.4, -0.2) is 69.8 Å². The molecule has 1 saturated heterocycles. The lowest BCUT2D eigenvalue weighted by Crippen LogP contribution is -2.38. The Morgan fingerprint density at radius 2 is 2.03 bits per heavy atom. The smallest absolute Gasteiger partial charge is 0.290 e. The number of carbonyl (C=O) groups excluding carboxylic acids is 1. The fourth-order valence-corrected chi connectivity index (χ4v) is 6.36. The van der Waals surface area contributed by atoms with E-state index in [1.54, 1.807) is 15.9 Å². The summed E-state index contributed by atoms with van der Waals surface area (Å²) in [6.07, 6.45) is 4.20. The van der Waals surface area contributed by atoms with Gasteiger partial charge in [-0.3, -0.25) is 9.69 Å². The highest BCUT2D eigenvalue weighted by molar-refractivity contribution is 7.19. The van der Waals surface area contributed by atoms with E-state index in [1.807, 2.05) is 6.92 Å². The summed E-state index contributed by atoms with van der Waals surface area (Å²) in [5.74, 6) is 1.45. The number of nitrogens with zero attached hydrogens (tertiary/aromatic N) is 5. The zero-order valence-corrected chi connectivity index (χ0v) is 20.9. The number of nitrogens with one attached hydrogen (secondary N) is 1. The summed E-state index contributed by atoms with van der Waals surface area (Å²) in [6.45, 7) is 14.0. The molecule has 5 rings (SSSR count). The zero-order valence-electron chi connectivity index (χ0n) is 20.1. The number of ether oxygens (including phenoxy) is 1. The Balaban J connectivity index is 1.35. The van der Waals surface area contributed by atoms with Crippen molar-refractivity contribution in [1.29, 1.82) is 0 Å². The van der Waals surface area contributed by atoms with Crippen molar-refractivity contribution in [3.05, 3.63) is 22.1 Å². The molecule has 0 saturated carbocycles. The van der Waals surface area contributed by atoms with Gasteiger partial charge in [0.2, 0.25) is 5.82 Å². The van der Waals surface area contributed by atoms with Crippen molar-refractivity contribution in [3.8, 4) is 0 Å². The van der Waals surface area contributed by atoms with Gasteiger partial charge in [0.15, 0.2) is 5.65 Å². The lowest BCUT2D eigenvalue weighted by Gasteiger charge is -2.33. The summed E-state index contributed by atoms with van der Waals surface area (Å²) in [4.78, 5) is 27.1. The molecule has 1 N–H and O–H groups in total. The van der Waals surface area contributed by atoms with E-state index in [9.17, 15) is 4.79 Å². The molecule has 4 heterocycles. The molecule has 1 atom stereocenters. The van der Waals surface area contributed by atoms with Gasteiger partial charge in [-0.05, 0) is 56.0 Å². The van der Waals surface area contributed by atoms with Gasteiger partial charge in [0, 0.05) is 24.5 Å². The van der Waals surface area contributed by atoms with Crippen LogP contribution in [0.25, 0.3) is 15.9 Å². The van der Waals surface area contributed by atoms with Crippen molar-refractivity contribution < 1.29 is 9.53 Å². The van der Waals surface area contributed by atoms with E-state index in [-0.39, 0.29) is 11.7 Å². The maximum atomic E-state index is 12.8. The average Bonchev–Trinajstić information content (AvgIpc) is 3.38. The molecule has 2 aliphatic rings. The first-order valence-electron chi connectivity index (χ1n) is 12.1. The minimum atomic E-state index is -0.217. The maximum absolute atomic E-state index is 12.8. The van der Waals surface area contributed by atoms with Crippen LogP contribution in [-0.2, 0) is 17.6 Å². The molecule has 178 valence electrons. The summed E-state index contributed by atoms with van der Waals surface area (Å²) in [7, 11) is 0. The van der Waals surface area contributed by atoms with Crippen LogP contribution in [0.5, 0.6) is 0 Å². The molecule has 9 heteroatoms. The van der Waals surface area contributed by atoms with E-state index in [2.05, 4.69) is 36.1 Å². The highest BCUT2D eigenvalue weighted by Gasteiger charge is 2.32. The molecule has 0 aromatic carbocycles. The second-order valence-electron chi connectivity index (χ2n) is 10.4. The second-order valence-corrected chi connectivity index (χ2v) is 11.5. The fourth-order valence-electron chi connectivity index (χ4n) is 5.02.